The summed E-state index contributed by atoms with van der Waals surface area (Å²) >= 11 is 3.29. The van der Waals surface area contributed by atoms with Crippen LogP contribution in [0.2, 0.25) is 0 Å². The number of nitrogens with zero attached hydrogens (tertiary/aromatic N) is 3. The fraction of sp³-hybridized carbons (Fsp3) is 0.143. The van der Waals surface area contributed by atoms with E-state index in [9.17, 15) is 4.79 Å². The predicted octanol–water partition coefficient (Wildman–Crippen LogP) is 2.78. The monoisotopic (exact) mass is 332 g/mol. The Labute approximate surface area is 124 Å². The Morgan fingerprint density at radius 2 is 1.90 bits per heavy atom. The number of hydrogen-bond acceptors (Lipinski definition) is 3. The summed E-state index contributed by atoms with van der Waals surface area (Å²) in [5.41, 5.74) is 0.674. The molecule has 102 valence electrons. The van der Waals surface area contributed by atoms with Gasteiger partial charge in [-0.1, -0.05) is 6.07 Å². The molecule has 0 atom stereocenters. The minimum atomic E-state index is -0.165. The molecule has 0 aliphatic rings. The van der Waals surface area contributed by atoms with E-state index in [1.165, 1.54) is 4.57 Å². The third kappa shape index (κ3) is 2.34. The number of rotatable bonds is 2. The van der Waals surface area contributed by atoms with Crippen molar-refractivity contribution >= 4 is 38.2 Å². The Morgan fingerprint density at radius 1 is 1.15 bits per heavy atom. The molecule has 2 aromatic heterocycles. The number of aromatic nitrogens is 3. The van der Waals surface area contributed by atoms with Gasteiger partial charge in [-0.05, 0) is 33.4 Å². The van der Waals surface area contributed by atoms with Crippen molar-refractivity contribution in [3.05, 3.63) is 51.7 Å². The van der Waals surface area contributed by atoms with Gasteiger partial charge in [0.25, 0.3) is 5.56 Å². The SMILES string of the molecule is Cn1cc2ccc(Nc3nc(Br)cn(C)c3=O)cc2c1. The lowest BCUT2D eigenvalue weighted by atomic mass is 10.2. The lowest BCUT2D eigenvalue weighted by Crippen LogP contribution is -2.20. The molecule has 0 saturated carbocycles. The van der Waals surface area contributed by atoms with Crippen molar-refractivity contribution in [1.82, 2.24) is 14.1 Å². The van der Waals surface area contributed by atoms with Crippen LogP contribution in [0.15, 0.2) is 46.2 Å². The predicted molar refractivity (Wildman–Crippen MR) is 83.4 cm³/mol. The standard InChI is InChI=1S/C14H13BrN4O/c1-18-6-9-3-4-11(5-10(9)7-18)16-13-14(20)19(2)8-12(15)17-13/h3-8H,1-2H3,(H,16,17). The molecule has 0 spiro atoms. The zero-order valence-corrected chi connectivity index (χ0v) is 12.7. The van der Waals surface area contributed by atoms with E-state index in [-0.39, 0.29) is 5.56 Å². The summed E-state index contributed by atoms with van der Waals surface area (Å²) in [4.78, 5) is 16.2. The third-order valence-corrected chi connectivity index (χ3v) is 3.46. The van der Waals surface area contributed by atoms with E-state index in [0.717, 1.165) is 16.5 Å². The highest BCUT2D eigenvalue weighted by Crippen LogP contribution is 2.21. The van der Waals surface area contributed by atoms with Gasteiger partial charge < -0.3 is 14.5 Å². The van der Waals surface area contributed by atoms with Crippen molar-refractivity contribution < 1.29 is 0 Å². The maximum Gasteiger partial charge on any atom is 0.293 e. The number of fused-ring (bicyclic) bond motifs is 1. The van der Waals surface area contributed by atoms with Crippen molar-refractivity contribution in [2.75, 3.05) is 5.32 Å². The fourth-order valence-corrected chi connectivity index (χ4v) is 2.63. The number of anilines is 2. The highest BCUT2D eigenvalue weighted by atomic mass is 79.9. The van der Waals surface area contributed by atoms with Gasteiger partial charge in [0.15, 0.2) is 5.82 Å². The molecule has 3 aromatic rings. The van der Waals surface area contributed by atoms with Gasteiger partial charge >= 0.3 is 0 Å². The largest absolute Gasteiger partial charge is 0.356 e. The molecule has 0 aliphatic heterocycles. The first-order valence-electron chi connectivity index (χ1n) is 6.09. The number of benzene rings is 1. The molecule has 6 heteroatoms. The van der Waals surface area contributed by atoms with Gasteiger partial charge in [-0.2, -0.15) is 0 Å². The second-order valence-corrected chi connectivity index (χ2v) is 5.53. The summed E-state index contributed by atoms with van der Waals surface area (Å²) in [6.07, 6.45) is 5.72. The fourth-order valence-electron chi connectivity index (χ4n) is 2.15. The molecular formula is C14H13BrN4O. The molecule has 0 amide bonds. The summed E-state index contributed by atoms with van der Waals surface area (Å²) in [6, 6.07) is 5.95. The molecule has 1 N–H and O–H groups in total. The van der Waals surface area contributed by atoms with Gasteiger partial charge in [0.05, 0.1) is 0 Å². The summed E-state index contributed by atoms with van der Waals surface area (Å²) < 4.78 is 4.11. The topological polar surface area (TPSA) is 51.9 Å². The summed E-state index contributed by atoms with van der Waals surface area (Å²) in [5, 5.41) is 5.35. The van der Waals surface area contributed by atoms with Crippen molar-refractivity contribution in [3.8, 4) is 0 Å². The van der Waals surface area contributed by atoms with E-state index in [2.05, 4.69) is 32.4 Å². The zero-order valence-electron chi connectivity index (χ0n) is 11.1. The second kappa shape index (κ2) is 4.79. The zero-order chi connectivity index (χ0) is 14.3. The summed E-state index contributed by atoms with van der Waals surface area (Å²) in [5.74, 6) is 0.303. The molecule has 0 bridgehead atoms. The van der Waals surface area contributed by atoms with Crippen LogP contribution in [0, 0.1) is 0 Å². The van der Waals surface area contributed by atoms with Crippen LogP contribution in [0.5, 0.6) is 0 Å². The second-order valence-electron chi connectivity index (χ2n) is 4.72. The van der Waals surface area contributed by atoms with Crippen molar-refractivity contribution in [2.45, 2.75) is 0 Å². The van der Waals surface area contributed by atoms with Gasteiger partial charge in [-0.15, -0.1) is 0 Å². The highest BCUT2D eigenvalue weighted by Gasteiger charge is 2.06. The van der Waals surface area contributed by atoms with Gasteiger partial charge in [0, 0.05) is 43.8 Å². The average molecular weight is 333 g/mol. The van der Waals surface area contributed by atoms with Crippen molar-refractivity contribution in [2.24, 2.45) is 14.1 Å². The maximum absolute atomic E-state index is 12.0. The van der Waals surface area contributed by atoms with E-state index in [1.807, 2.05) is 36.0 Å². The van der Waals surface area contributed by atoms with Gasteiger partial charge in [0.1, 0.15) is 4.60 Å². The Kier molecular flexibility index (Phi) is 3.10. The number of aryl methyl sites for hydroxylation is 2. The molecule has 5 nitrogen and oxygen atoms in total. The van der Waals surface area contributed by atoms with Gasteiger partial charge in [-0.25, -0.2) is 4.98 Å². The van der Waals surface area contributed by atoms with Crippen LogP contribution in [0.25, 0.3) is 10.8 Å². The van der Waals surface area contributed by atoms with E-state index in [1.54, 1.807) is 13.2 Å². The van der Waals surface area contributed by atoms with Crippen LogP contribution < -0.4 is 10.9 Å². The van der Waals surface area contributed by atoms with E-state index in [0.29, 0.717) is 10.4 Å². The average Bonchev–Trinajstić information content (AvgIpc) is 2.74. The van der Waals surface area contributed by atoms with Crippen molar-refractivity contribution in [3.63, 3.8) is 0 Å². The van der Waals surface area contributed by atoms with Crippen LogP contribution in [0.1, 0.15) is 0 Å². The Bertz CT molecular complexity index is 850. The highest BCUT2D eigenvalue weighted by molar-refractivity contribution is 9.10. The van der Waals surface area contributed by atoms with E-state index < -0.39 is 0 Å². The van der Waals surface area contributed by atoms with Crippen LogP contribution in [0.3, 0.4) is 0 Å². The van der Waals surface area contributed by atoms with Crippen LogP contribution in [0.4, 0.5) is 11.5 Å². The smallest absolute Gasteiger partial charge is 0.293 e. The van der Waals surface area contributed by atoms with E-state index in [4.69, 9.17) is 0 Å². The first kappa shape index (κ1) is 12.9. The lowest BCUT2D eigenvalue weighted by Gasteiger charge is -2.07. The molecule has 3 rings (SSSR count). The summed E-state index contributed by atoms with van der Waals surface area (Å²) in [7, 11) is 3.68. The van der Waals surface area contributed by atoms with E-state index >= 15 is 0 Å². The third-order valence-electron chi connectivity index (χ3n) is 3.08. The van der Waals surface area contributed by atoms with Gasteiger partial charge in [0.2, 0.25) is 0 Å². The molecule has 0 saturated heterocycles. The molecule has 20 heavy (non-hydrogen) atoms. The molecular weight excluding hydrogens is 320 g/mol. The normalized spacial score (nSPS) is 10.9. The Hall–Kier alpha value is -2.08. The molecule has 0 radical (unpaired) electrons. The van der Waals surface area contributed by atoms with Crippen LogP contribution >= 0.6 is 15.9 Å². The molecule has 0 aliphatic carbocycles. The summed E-state index contributed by atoms with van der Waals surface area (Å²) in [6.45, 7) is 0. The van der Waals surface area contributed by atoms with Crippen molar-refractivity contribution in [1.29, 1.82) is 0 Å². The molecule has 1 aromatic carbocycles. The Morgan fingerprint density at radius 3 is 2.70 bits per heavy atom. The first-order chi connectivity index (χ1) is 9.52. The number of halogens is 1. The lowest BCUT2D eigenvalue weighted by molar-refractivity contribution is 0.837. The minimum absolute atomic E-state index is 0.165. The number of hydrogen-bond donors (Lipinski definition) is 1. The molecule has 0 unspecified atom stereocenters. The molecule has 0 fully saturated rings. The first-order valence-corrected chi connectivity index (χ1v) is 6.88. The number of nitrogens with one attached hydrogen (secondary N) is 1. The van der Waals surface area contributed by atoms with Crippen LogP contribution in [-0.2, 0) is 14.1 Å². The van der Waals surface area contributed by atoms with Gasteiger partial charge in [-0.3, -0.25) is 4.79 Å². The molecule has 2 heterocycles. The van der Waals surface area contributed by atoms with Crippen LogP contribution in [-0.4, -0.2) is 14.1 Å². The maximum atomic E-state index is 12.0. The minimum Gasteiger partial charge on any atom is -0.356 e. The quantitative estimate of drug-likeness (QED) is 0.785. The Balaban J connectivity index is 2.02.